The normalized spacial score (nSPS) is 11.6. The van der Waals surface area contributed by atoms with Gasteiger partial charge < -0.3 is 5.11 Å². The average Bonchev–Trinajstić information content (AvgIpc) is 2.32. The second-order valence-corrected chi connectivity index (χ2v) is 4.12. The molecule has 2 aromatic carbocycles. The Kier molecular flexibility index (Phi) is 3.22. The van der Waals surface area contributed by atoms with Gasteiger partial charge in [0.05, 0.1) is 10.6 Å². The second kappa shape index (κ2) is 4.53. The molecule has 5 heteroatoms. The highest BCUT2D eigenvalue weighted by Gasteiger charge is 2.33. The predicted molar refractivity (Wildman–Crippen MR) is 63.6 cm³/mol. The summed E-state index contributed by atoms with van der Waals surface area (Å²) in [6, 6.07) is 9.19. The van der Waals surface area contributed by atoms with Crippen LogP contribution in [-0.2, 0) is 6.18 Å². The molecular formula is C13H8ClF3O. The highest BCUT2D eigenvalue weighted by Crippen LogP contribution is 2.38. The first-order valence-corrected chi connectivity index (χ1v) is 5.42. The quantitative estimate of drug-likeness (QED) is 0.795. The molecule has 1 nitrogen and oxygen atoms in total. The van der Waals surface area contributed by atoms with Crippen molar-refractivity contribution in [3.8, 4) is 16.9 Å². The lowest BCUT2D eigenvalue weighted by Crippen LogP contribution is -2.06. The standard InChI is InChI=1S/C13H8ClF3O/c14-11-7-8(5-6-12(11)18)9-3-1-2-4-10(9)13(15,16)17/h1-7,18H. The van der Waals surface area contributed by atoms with Gasteiger partial charge in [0.1, 0.15) is 5.75 Å². The summed E-state index contributed by atoms with van der Waals surface area (Å²) in [5.41, 5.74) is -0.385. The molecule has 0 bridgehead atoms. The van der Waals surface area contributed by atoms with E-state index in [1.807, 2.05) is 0 Å². The zero-order chi connectivity index (χ0) is 13.3. The smallest absolute Gasteiger partial charge is 0.417 e. The van der Waals surface area contributed by atoms with Gasteiger partial charge in [0.25, 0.3) is 0 Å². The van der Waals surface area contributed by atoms with Crippen molar-refractivity contribution in [2.45, 2.75) is 6.18 Å². The fourth-order valence-electron chi connectivity index (χ4n) is 1.66. The molecule has 0 amide bonds. The molecule has 0 spiro atoms. The molecule has 0 saturated heterocycles. The maximum atomic E-state index is 12.8. The van der Waals surface area contributed by atoms with Crippen molar-refractivity contribution in [3.63, 3.8) is 0 Å². The zero-order valence-electron chi connectivity index (χ0n) is 9.00. The van der Waals surface area contributed by atoms with Crippen molar-refractivity contribution >= 4 is 11.6 Å². The minimum Gasteiger partial charge on any atom is -0.506 e. The van der Waals surface area contributed by atoms with E-state index in [0.29, 0.717) is 5.56 Å². The second-order valence-electron chi connectivity index (χ2n) is 3.71. The number of alkyl halides is 3. The van der Waals surface area contributed by atoms with Crippen molar-refractivity contribution < 1.29 is 18.3 Å². The Labute approximate surface area is 106 Å². The molecule has 0 saturated carbocycles. The van der Waals surface area contributed by atoms with E-state index in [1.165, 1.54) is 36.4 Å². The van der Waals surface area contributed by atoms with Gasteiger partial charge in [0, 0.05) is 0 Å². The number of hydrogen-bond donors (Lipinski definition) is 1. The van der Waals surface area contributed by atoms with Gasteiger partial charge in [-0.05, 0) is 29.3 Å². The van der Waals surface area contributed by atoms with Crippen LogP contribution in [0.1, 0.15) is 5.56 Å². The minimum atomic E-state index is -4.43. The SMILES string of the molecule is Oc1ccc(-c2ccccc2C(F)(F)F)cc1Cl. The number of halogens is 4. The van der Waals surface area contributed by atoms with Crippen molar-refractivity contribution in [2.24, 2.45) is 0 Å². The summed E-state index contributed by atoms with van der Waals surface area (Å²) >= 11 is 5.70. The molecule has 18 heavy (non-hydrogen) atoms. The summed E-state index contributed by atoms with van der Waals surface area (Å²) < 4.78 is 38.5. The van der Waals surface area contributed by atoms with Gasteiger partial charge in [0.15, 0.2) is 0 Å². The van der Waals surface area contributed by atoms with E-state index < -0.39 is 11.7 Å². The predicted octanol–water partition coefficient (Wildman–Crippen LogP) is 4.73. The van der Waals surface area contributed by atoms with E-state index in [0.717, 1.165) is 6.07 Å². The molecule has 0 heterocycles. The Morgan fingerprint density at radius 2 is 1.67 bits per heavy atom. The van der Waals surface area contributed by atoms with Gasteiger partial charge in [-0.3, -0.25) is 0 Å². The molecule has 0 aromatic heterocycles. The lowest BCUT2D eigenvalue weighted by atomic mass is 9.99. The molecule has 0 aliphatic rings. The van der Waals surface area contributed by atoms with Crippen molar-refractivity contribution in [3.05, 3.63) is 53.1 Å². The van der Waals surface area contributed by atoms with Crippen LogP contribution in [0.5, 0.6) is 5.75 Å². The first-order chi connectivity index (χ1) is 8.39. The Morgan fingerprint density at radius 1 is 1.00 bits per heavy atom. The molecule has 2 rings (SSSR count). The van der Waals surface area contributed by atoms with E-state index in [2.05, 4.69) is 0 Å². The van der Waals surface area contributed by atoms with Gasteiger partial charge in [-0.1, -0.05) is 35.9 Å². The van der Waals surface area contributed by atoms with Crippen molar-refractivity contribution in [1.29, 1.82) is 0 Å². The van der Waals surface area contributed by atoms with Crippen LogP contribution in [0, 0.1) is 0 Å². The van der Waals surface area contributed by atoms with E-state index in [1.54, 1.807) is 0 Å². The molecule has 1 N–H and O–H groups in total. The summed E-state index contributed by atoms with van der Waals surface area (Å²) in [5.74, 6) is -0.162. The molecule has 0 fully saturated rings. The number of benzene rings is 2. The lowest BCUT2D eigenvalue weighted by Gasteiger charge is -2.13. The van der Waals surface area contributed by atoms with Crippen LogP contribution in [0.2, 0.25) is 5.02 Å². The van der Waals surface area contributed by atoms with E-state index in [9.17, 15) is 18.3 Å². The molecule has 94 valence electrons. The van der Waals surface area contributed by atoms with Crippen LogP contribution in [0.15, 0.2) is 42.5 Å². The lowest BCUT2D eigenvalue weighted by molar-refractivity contribution is -0.137. The summed E-state index contributed by atoms with van der Waals surface area (Å²) in [4.78, 5) is 0. The third kappa shape index (κ3) is 2.43. The maximum absolute atomic E-state index is 12.8. The molecular weight excluding hydrogens is 265 g/mol. The molecule has 2 aromatic rings. The number of rotatable bonds is 1. The van der Waals surface area contributed by atoms with Crippen LogP contribution < -0.4 is 0 Å². The highest BCUT2D eigenvalue weighted by molar-refractivity contribution is 6.32. The Bertz CT molecular complexity index is 579. The van der Waals surface area contributed by atoms with E-state index >= 15 is 0 Å². The van der Waals surface area contributed by atoms with Gasteiger partial charge >= 0.3 is 6.18 Å². The van der Waals surface area contributed by atoms with E-state index in [4.69, 9.17) is 11.6 Å². The third-order valence-electron chi connectivity index (χ3n) is 2.49. The van der Waals surface area contributed by atoms with Crippen LogP contribution >= 0.6 is 11.6 Å². The first-order valence-electron chi connectivity index (χ1n) is 5.04. The number of hydrogen-bond acceptors (Lipinski definition) is 1. The zero-order valence-corrected chi connectivity index (χ0v) is 9.76. The monoisotopic (exact) mass is 272 g/mol. The molecule has 0 aliphatic carbocycles. The maximum Gasteiger partial charge on any atom is 0.417 e. The van der Waals surface area contributed by atoms with Crippen LogP contribution in [0.3, 0.4) is 0 Å². The van der Waals surface area contributed by atoms with Crippen LogP contribution in [0.4, 0.5) is 13.2 Å². The van der Waals surface area contributed by atoms with Crippen LogP contribution in [0.25, 0.3) is 11.1 Å². The largest absolute Gasteiger partial charge is 0.506 e. The van der Waals surface area contributed by atoms with Gasteiger partial charge in [-0.25, -0.2) is 0 Å². The Hall–Kier alpha value is -1.68. The van der Waals surface area contributed by atoms with Crippen molar-refractivity contribution in [1.82, 2.24) is 0 Å². The first kappa shape index (κ1) is 12.8. The topological polar surface area (TPSA) is 20.2 Å². The number of phenolic OH excluding ortho intramolecular Hbond substituents is 1. The van der Waals surface area contributed by atoms with Gasteiger partial charge in [-0.15, -0.1) is 0 Å². The molecule has 0 radical (unpaired) electrons. The summed E-state index contributed by atoms with van der Waals surface area (Å²) in [5, 5.41) is 9.28. The summed E-state index contributed by atoms with van der Waals surface area (Å²) in [7, 11) is 0. The third-order valence-corrected chi connectivity index (χ3v) is 2.79. The number of aromatic hydroxyl groups is 1. The molecule has 0 aliphatic heterocycles. The van der Waals surface area contributed by atoms with Gasteiger partial charge in [-0.2, -0.15) is 13.2 Å². The summed E-state index contributed by atoms with van der Waals surface area (Å²) in [6.45, 7) is 0. The molecule has 0 atom stereocenters. The Balaban J connectivity index is 2.61. The highest BCUT2D eigenvalue weighted by atomic mass is 35.5. The number of phenols is 1. The fourth-order valence-corrected chi connectivity index (χ4v) is 1.84. The molecule has 0 unspecified atom stereocenters. The minimum absolute atomic E-state index is 0.0180. The van der Waals surface area contributed by atoms with E-state index in [-0.39, 0.29) is 16.3 Å². The van der Waals surface area contributed by atoms with Crippen molar-refractivity contribution in [2.75, 3.05) is 0 Å². The fraction of sp³-hybridized carbons (Fsp3) is 0.0769. The van der Waals surface area contributed by atoms with Gasteiger partial charge in [0.2, 0.25) is 0 Å². The average molecular weight is 273 g/mol. The summed E-state index contributed by atoms with van der Waals surface area (Å²) in [6.07, 6.45) is -4.43. The Morgan fingerprint density at radius 3 is 2.28 bits per heavy atom. The van der Waals surface area contributed by atoms with Crippen LogP contribution in [-0.4, -0.2) is 5.11 Å².